The largest absolute Gasteiger partial charge is 0.444 e. The fourth-order valence-electron chi connectivity index (χ4n) is 3.93. The van der Waals surface area contributed by atoms with Crippen molar-refractivity contribution in [1.82, 2.24) is 35.5 Å². The molecule has 0 fully saturated rings. The lowest BCUT2D eigenvalue weighted by Gasteiger charge is -2.28. The summed E-state index contributed by atoms with van der Waals surface area (Å²) in [6.07, 6.45) is 8.28. The number of unbranched alkanes of at least 4 members (excludes halogenated alkanes) is 2. The molecule has 15 heteroatoms. The molecule has 2 aromatic rings. The fraction of sp³-hybridized carbons (Fsp3) is 0.605. The summed E-state index contributed by atoms with van der Waals surface area (Å²) in [6.45, 7) is 17.8. The molecule has 13 nitrogen and oxygen atoms in total. The van der Waals surface area contributed by atoms with Crippen molar-refractivity contribution in [3.05, 3.63) is 34.1 Å². The van der Waals surface area contributed by atoms with Gasteiger partial charge in [0.05, 0.1) is 11.1 Å². The second-order valence-corrected chi connectivity index (χ2v) is 13.8. The second-order valence-electron chi connectivity index (χ2n) is 13.1. The van der Waals surface area contributed by atoms with Crippen LogP contribution in [-0.2, 0) is 14.3 Å². The zero-order valence-electron chi connectivity index (χ0n) is 32.7. The topological polar surface area (TPSA) is 163 Å². The minimum atomic E-state index is -0.635. The van der Waals surface area contributed by atoms with Gasteiger partial charge in [-0.15, -0.1) is 0 Å². The quantitative estimate of drug-likeness (QED) is 0.0820. The molecule has 292 valence electrons. The van der Waals surface area contributed by atoms with Gasteiger partial charge in [0.1, 0.15) is 23.3 Å². The van der Waals surface area contributed by atoms with E-state index < -0.39 is 17.7 Å². The summed E-state index contributed by atoms with van der Waals surface area (Å²) >= 11 is 11.7. The summed E-state index contributed by atoms with van der Waals surface area (Å²) in [5.74, 6) is 13.5. The molecule has 0 bridgehead atoms. The number of aromatic nitrogens is 4. The lowest BCUT2D eigenvalue weighted by molar-refractivity contribution is -0.125. The van der Waals surface area contributed by atoms with Gasteiger partial charge in [-0.05, 0) is 83.0 Å². The molecule has 0 aliphatic rings. The van der Waals surface area contributed by atoms with E-state index in [1.807, 2.05) is 13.8 Å². The van der Waals surface area contributed by atoms with Crippen molar-refractivity contribution >= 4 is 52.7 Å². The lowest BCUT2D eigenvalue weighted by atomic mass is 10.1. The Bertz CT molecular complexity index is 1580. The molecular formula is C38H57Cl2N9O4. The highest BCUT2D eigenvalue weighted by atomic mass is 35.5. The Kier molecular flexibility index (Phi) is 22.6. The Hall–Kier alpha value is -4.33. The fourth-order valence-corrected chi connectivity index (χ4v) is 4.19. The van der Waals surface area contributed by atoms with E-state index in [0.29, 0.717) is 49.6 Å². The molecule has 0 aliphatic heterocycles. The molecule has 2 rings (SSSR count). The Labute approximate surface area is 325 Å². The van der Waals surface area contributed by atoms with Gasteiger partial charge >= 0.3 is 6.09 Å². The molecule has 0 saturated carbocycles. The van der Waals surface area contributed by atoms with Crippen molar-refractivity contribution in [2.24, 2.45) is 5.92 Å². The summed E-state index contributed by atoms with van der Waals surface area (Å²) in [5, 5.41) is 12.5. The van der Waals surface area contributed by atoms with Crippen LogP contribution in [0.5, 0.6) is 0 Å². The molecule has 0 aliphatic carbocycles. The number of likely N-dealkylation sites (N-methyl/N-ethyl adjacent to an activating group) is 1. The van der Waals surface area contributed by atoms with Gasteiger partial charge in [0.2, 0.25) is 22.4 Å². The van der Waals surface area contributed by atoms with Crippen molar-refractivity contribution in [1.29, 1.82) is 0 Å². The van der Waals surface area contributed by atoms with E-state index in [2.05, 4.69) is 78.7 Å². The number of ether oxygens (including phenoxy) is 1. The maximum absolute atomic E-state index is 12.3. The maximum Gasteiger partial charge on any atom is 0.410 e. The first-order valence-corrected chi connectivity index (χ1v) is 18.9. The van der Waals surface area contributed by atoms with Crippen molar-refractivity contribution in [2.75, 3.05) is 43.9 Å². The highest BCUT2D eigenvalue weighted by Crippen LogP contribution is 2.15. The zero-order valence-corrected chi connectivity index (χ0v) is 34.2. The average molecular weight is 775 g/mol. The normalized spacial score (nSPS) is 11.5. The Balaban J connectivity index is 0.000000549. The van der Waals surface area contributed by atoms with Gasteiger partial charge in [-0.25, -0.2) is 14.8 Å². The first-order valence-electron chi connectivity index (χ1n) is 18.1. The monoisotopic (exact) mass is 773 g/mol. The first-order chi connectivity index (χ1) is 25.1. The number of anilines is 2. The Morgan fingerprint density at radius 2 is 1.25 bits per heavy atom. The molecule has 2 aromatic heterocycles. The standard InChI is InChI=1S/C21H32ClN5O3.C17H25ClN4O/c1-7-12-23-17-16(14-25-19(22)26-17)11-9-8-10-13-24-18(28)15(2)27(6)20(29)30-21(3,4)5;1-4-10-19-15-14(12-21-17(18)22-15)9-7-6-8-11-20-16(23)13(3)5-2/h14-15H,7-8,10,12-13H2,1-6H3,(H,24,28)(H,23,25,26);12-13H,4-6,8,10-11H2,1-3H3,(H,20,23)(H,19,21,22)/t15-;13-/m01/s1. The second kappa shape index (κ2) is 25.6. The summed E-state index contributed by atoms with van der Waals surface area (Å²) in [6, 6.07) is -0.635. The lowest BCUT2D eigenvalue weighted by Crippen LogP contribution is -2.47. The molecule has 0 aromatic carbocycles. The van der Waals surface area contributed by atoms with Crippen LogP contribution >= 0.6 is 23.2 Å². The minimum Gasteiger partial charge on any atom is -0.444 e. The first kappa shape index (κ1) is 46.7. The van der Waals surface area contributed by atoms with Gasteiger partial charge in [0, 0.05) is 64.4 Å². The molecular weight excluding hydrogens is 717 g/mol. The summed E-state index contributed by atoms with van der Waals surface area (Å²) in [4.78, 5) is 53.5. The van der Waals surface area contributed by atoms with Crippen LogP contribution in [0.25, 0.3) is 0 Å². The predicted octanol–water partition coefficient (Wildman–Crippen LogP) is 6.70. The van der Waals surface area contributed by atoms with E-state index in [0.717, 1.165) is 44.3 Å². The Morgan fingerprint density at radius 1 is 0.792 bits per heavy atom. The van der Waals surface area contributed by atoms with Crippen molar-refractivity contribution in [3.63, 3.8) is 0 Å². The molecule has 0 radical (unpaired) electrons. The third-order valence-corrected chi connectivity index (χ3v) is 7.67. The van der Waals surface area contributed by atoms with Crippen LogP contribution in [-0.4, -0.2) is 87.6 Å². The van der Waals surface area contributed by atoms with Crippen molar-refractivity contribution in [3.8, 4) is 23.7 Å². The van der Waals surface area contributed by atoms with Gasteiger partial charge in [-0.1, -0.05) is 51.4 Å². The number of carbonyl (C=O) groups excluding carboxylic acids is 3. The van der Waals surface area contributed by atoms with Crippen LogP contribution < -0.4 is 21.3 Å². The van der Waals surface area contributed by atoms with Crippen molar-refractivity contribution in [2.45, 2.75) is 112 Å². The van der Waals surface area contributed by atoms with Gasteiger partial charge in [0.15, 0.2) is 0 Å². The van der Waals surface area contributed by atoms with Crippen LogP contribution in [0.1, 0.15) is 111 Å². The Morgan fingerprint density at radius 3 is 1.66 bits per heavy atom. The van der Waals surface area contributed by atoms with Gasteiger partial charge < -0.3 is 26.0 Å². The van der Waals surface area contributed by atoms with E-state index in [-0.39, 0.29) is 28.3 Å². The molecule has 2 atom stereocenters. The van der Waals surface area contributed by atoms with Crippen molar-refractivity contribution < 1.29 is 19.1 Å². The maximum atomic E-state index is 12.3. The number of hydrogen-bond acceptors (Lipinski definition) is 10. The molecule has 0 saturated heterocycles. The van der Waals surface area contributed by atoms with E-state index in [9.17, 15) is 14.4 Å². The summed E-state index contributed by atoms with van der Waals surface area (Å²) in [5.41, 5.74) is 0.817. The SMILES string of the molecule is CCCNc1nc(Cl)ncc1C#CCCCNC(=O)[C@H](C)CC.CCCNc1nc(Cl)ncc1C#CCCCNC(=O)[C@H](C)N(C)C(=O)OC(C)(C)C. The van der Waals surface area contributed by atoms with Crippen LogP contribution in [0, 0.1) is 29.6 Å². The van der Waals surface area contributed by atoms with Crippen LogP contribution in [0.4, 0.5) is 16.4 Å². The smallest absolute Gasteiger partial charge is 0.410 e. The number of hydrogen-bond donors (Lipinski definition) is 4. The molecule has 0 unspecified atom stereocenters. The number of amides is 3. The van der Waals surface area contributed by atoms with E-state index >= 15 is 0 Å². The molecule has 53 heavy (non-hydrogen) atoms. The van der Waals surface area contributed by atoms with Gasteiger partial charge in [0.25, 0.3) is 0 Å². The highest BCUT2D eigenvalue weighted by Gasteiger charge is 2.26. The van der Waals surface area contributed by atoms with Crippen LogP contribution in [0.2, 0.25) is 10.6 Å². The number of nitrogens with zero attached hydrogens (tertiary/aromatic N) is 5. The third kappa shape index (κ3) is 19.9. The third-order valence-electron chi connectivity index (χ3n) is 7.31. The van der Waals surface area contributed by atoms with Gasteiger partial charge in [-0.3, -0.25) is 14.5 Å². The van der Waals surface area contributed by atoms with Gasteiger partial charge in [-0.2, -0.15) is 9.97 Å². The molecule has 2 heterocycles. The number of halogens is 2. The van der Waals surface area contributed by atoms with Crippen LogP contribution in [0.3, 0.4) is 0 Å². The van der Waals surface area contributed by atoms with E-state index in [4.69, 9.17) is 27.9 Å². The van der Waals surface area contributed by atoms with E-state index in [1.54, 1.807) is 47.1 Å². The number of carbonyl (C=O) groups is 3. The summed E-state index contributed by atoms with van der Waals surface area (Å²) < 4.78 is 5.28. The predicted molar refractivity (Wildman–Crippen MR) is 213 cm³/mol. The molecule has 4 N–H and O–H groups in total. The average Bonchev–Trinajstić information content (AvgIpc) is 3.12. The number of rotatable bonds is 16. The van der Waals surface area contributed by atoms with E-state index in [1.165, 1.54) is 4.90 Å². The molecule has 3 amide bonds. The minimum absolute atomic E-state index is 0.0690. The zero-order chi connectivity index (χ0) is 39.8. The highest BCUT2D eigenvalue weighted by molar-refractivity contribution is 6.28. The number of nitrogens with one attached hydrogen (secondary N) is 4. The molecule has 0 spiro atoms. The van der Waals surface area contributed by atoms with Crippen LogP contribution in [0.15, 0.2) is 12.4 Å². The summed E-state index contributed by atoms with van der Waals surface area (Å²) in [7, 11) is 1.54.